The number of unbranched alkanes of at least 4 members (excludes halogenated alkanes) is 26. The Morgan fingerprint density at radius 2 is 0.833 bits per heavy atom. The predicted molar refractivity (Wildman–Crippen MR) is 233 cm³/mol. The monoisotopic (exact) mass is 759 g/mol. The van der Waals surface area contributed by atoms with Gasteiger partial charge < -0.3 is 14.2 Å². The van der Waals surface area contributed by atoms with Gasteiger partial charge in [0.1, 0.15) is 6.61 Å². The van der Waals surface area contributed by atoms with Crippen LogP contribution in [0.1, 0.15) is 239 Å². The summed E-state index contributed by atoms with van der Waals surface area (Å²) in [4.78, 5) is 25.2. The molecule has 0 aromatic heterocycles. The van der Waals surface area contributed by atoms with E-state index in [1.807, 2.05) is 0 Å². The Balaban J connectivity index is 4.16. The standard InChI is InChI=1S/C49H90O5/c1-4-7-10-13-16-19-21-23-24-25-26-28-29-31-33-36-39-42-48(50)53-46-47(45-52-44-41-38-35-18-15-12-9-6-3)54-49(51)43-40-37-34-32-30-27-22-20-17-14-11-8-5-2/h8,11,17,20,27,30,47H,4-7,9-10,12-16,18-19,21-26,28-29,31-46H2,1-3H3/b11-8-,20-17-,30-27-. The van der Waals surface area contributed by atoms with Gasteiger partial charge in [-0.3, -0.25) is 9.59 Å². The van der Waals surface area contributed by atoms with E-state index in [1.165, 1.54) is 135 Å². The second-order valence-corrected chi connectivity index (χ2v) is 15.6. The fourth-order valence-electron chi connectivity index (χ4n) is 6.70. The molecule has 0 aromatic carbocycles. The lowest BCUT2D eigenvalue weighted by Gasteiger charge is -2.18. The van der Waals surface area contributed by atoms with Crippen LogP contribution in [0.25, 0.3) is 0 Å². The second-order valence-electron chi connectivity index (χ2n) is 15.6. The Morgan fingerprint density at radius 3 is 1.33 bits per heavy atom. The third kappa shape index (κ3) is 42.9. The van der Waals surface area contributed by atoms with Gasteiger partial charge >= 0.3 is 11.9 Å². The summed E-state index contributed by atoms with van der Waals surface area (Å²) >= 11 is 0. The minimum Gasteiger partial charge on any atom is -0.462 e. The van der Waals surface area contributed by atoms with Crippen molar-refractivity contribution in [1.29, 1.82) is 0 Å². The molecular weight excluding hydrogens is 669 g/mol. The van der Waals surface area contributed by atoms with E-state index < -0.39 is 6.10 Å². The predicted octanol–water partition coefficient (Wildman–Crippen LogP) is 15.4. The molecule has 5 nitrogen and oxygen atoms in total. The molecule has 0 aliphatic rings. The zero-order valence-corrected chi connectivity index (χ0v) is 36.2. The maximum absolute atomic E-state index is 12.7. The fraction of sp³-hybridized carbons (Fsp3) is 0.837. The highest BCUT2D eigenvalue weighted by Gasteiger charge is 2.17. The highest BCUT2D eigenvalue weighted by molar-refractivity contribution is 5.70. The molecule has 0 rings (SSSR count). The van der Waals surface area contributed by atoms with Crippen LogP contribution in [0.4, 0.5) is 0 Å². The molecule has 1 unspecified atom stereocenters. The molecule has 0 heterocycles. The molecule has 0 saturated carbocycles. The molecule has 0 spiro atoms. The normalized spacial score (nSPS) is 12.4. The summed E-state index contributed by atoms with van der Waals surface area (Å²) in [6.45, 7) is 7.69. The number of hydrogen-bond acceptors (Lipinski definition) is 5. The van der Waals surface area contributed by atoms with Gasteiger partial charge in [-0.05, 0) is 51.4 Å². The first-order valence-corrected chi connectivity index (χ1v) is 23.5. The quantitative estimate of drug-likeness (QED) is 0.0352. The number of carbonyl (C=O) groups excluding carboxylic acids is 2. The summed E-state index contributed by atoms with van der Waals surface area (Å²) in [7, 11) is 0. The van der Waals surface area contributed by atoms with E-state index in [4.69, 9.17) is 14.2 Å². The van der Waals surface area contributed by atoms with Crippen molar-refractivity contribution in [3.63, 3.8) is 0 Å². The molecule has 0 aliphatic carbocycles. The Morgan fingerprint density at radius 1 is 0.426 bits per heavy atom. The van der Waals surface area contributed by atoms with Gasteiger partial charge in [-0.25, -0.2) is 0 Å². The molecule has 0 aromatic rings. The molecule has 54 heavy (non-hydrogen) atoms. The molecule has 0 amide bonds. The van der Waals surface area contributed by atoms with Gasteiger partial charge in [-0.15, -0.1) is 0 Å². The number of ether oxygens (including phenoxy) is 3. The Kier molecular flexibility index (Phi) is 43.9. The van der Waals surface area contributed by atoms with E-state index >= 15 is 0 Å². The zero-order chi connectivity index (χ0) is 39.3. The Labute approximate surface area is 336 Å². The van der Waals surface area contributed by atoms with E-state index in [-0.39, 0.29) is 25.2 Å². The van der Waals surface area contributed by atoms with Crippen LogP contribution < -0.4 is 0 Å². The lowest BCUT2D eigenvalue weighted by atomic mass is 10.0. The molecule has 0 bridgehead atoms. The zero-order valence-electron chi connectivity index (χ0n) is 36.2. The van der Waals surface area contributed by atoms with Crippen LogP contribution in [-0.4, -0.2) is 37.9 Å². The van der Waals surface area contributed by atoms with Gasteiger partial charge in [0.05, 0.1) is 6.61 Å². The van der Waals surface area contributed by atoms with E-state index in [9.17, 15) is 9.59 Å². The van der Waals surface area contributed by atoms with Crippen molar-refractivity contribution in [3.05, 3.63) is 36.5 Å². The Bertz CT molecular complexity index is 862. The van der Waals surface area contributed by atoms with Crippen LogP contribution in [0.2, 0.25) is 0 Å². The van der Waals surface area contributed by atoms with Gasteiger partial charge in [0, 0.05) is 19.4 Å². The van der Waals surface area contributed by atoms with Crippen LogP contribution >= 0.6 is 0 Å². The van der Waals surface area contributed by atoms with Crippen molar-refractivity contribution < 1.29 is 23.8 Å². The number of carbonyl (C=O) groups is 2. The summed E-state index contributed by atoms with van der Waals surface area (Å²) in [6.07, 6.45) is 52.9. The van der Waals surface area contributed by atoms with Crippen molar-refractivity contribution in [2.45, 2.75) is 245 Å². The molecule has 0 aliphatic heterocycles. The second kappa shape index (κ2) is 45.5. The molecular formula is C49H90O5. The summed E-state index contributed by atoms with van der Waals surface area (Å²) in [5.74, 6) is -0.422. The third-order valence-electron chi connectivity index (χ3n) is 10.2. The van der Waals surface area contributed by atoms with Crippen LogP contribution in [-0.2, 0) is 23.8 Å². The number of hydrogen-bond donors (Lipinski definition) is 0. The summed E-state index contributed by atoms with van der Waals surface area (Å²) in [5, 5.41) is 0. The molecule has 0 fully saturated rings. The first-order valence-electron chi connectivity index (χ1n) is 23.5. The van der Waals surface area contributed by atoms with E-state index in [0.717, 1.165) is 70.6 Å². The smallest absolute Gasteiger partial charge is 0.306 e. The van der Waals surface area contributed by atoms with Crippen molar-refractivity contribution in [2.24, 2.45) is 0 Å². The van der Waals surface area contributed by atoms with Crippen LogP contribution in [0.3, 0.4) is 0 Å². The number of rotatable bonds is 43. The molecule has 0 saturated heterocycles. The first-order chi connectivity index (χ1) is 26.6. The van der Waals surface area contributed by atoms with Gasteiger partial charge in [-0.2, -0.15) is 0 Å². The van der Waals surface area contributed by atoms with Gasteiger partial charge in [0.25, 0.3) is 0 Å². The highest BCUT2D eigenvalue weighted by atomic mass is 16.6. The number of esters is 2. The minimum absolute atomic E-state index is 0.0785. The molecule has 5 heteroatoms. The Hall–Kier alpha value is -1.88. The third-order valence-corrected chi connectivity index (χ3v) is 10.2. The molecule has 0 radical (unpaired) electrons. The first kappa shape index (κ1) is 52.1. The van der Waals surface area contributed by atoms with Crippen molar-refractivity contribution >= 4 is 11.9 Å². The van der Waals surface area contributed by atoms with Crippen LogP contribution in [0, 0.1) is 0 Å². The maximum Gasteiger partial charge on any atom is 0.306 e. The van der Waals surface area contributed by atoms with Crippen molar-refractivity contribution in [3.8, 4) is 0 Å². The largest absolute Gasteiger partial charge is 0.462 e. The highest BCUT2D eigenvalue weighted by Crippen LogP contribution is 2.15. The van der Waals surface area contributed by atoms with Gasteiger partial charge in [0.15, 0.2) is 6.10 Å². The molecule has 0 N–H and O–H groups in total. The minimum atomic E-state index is -0.542. The van der Waals surface area contributed by atoms with Crippen molar-refractivity contribution in [2.75, 3.05) is 19.8 Å². The topological polar surface area (TPSA) is 61.8 Å². The van der Waals surface area contributed by atoms with E-state index in [1.54, 1.807) is 0 Å². The van der Waals surface area contributed by atoms with Crippen LogP contribution in [0.15, 0.2) is 36.5 Å². The van der Waals surface area contributed by atoms with Crippen LogP contribution in [0.5, 0.6) is 0 Å². The number of allylic oxidation sites excluding steroid dienone is 6. The summed E-state index contributed by atoms with van der Waals surface area (Å²) < 4.78 is 17.3. The molecule has 316 valence electrons. The molecule has 1 atom stereocenters. The lowest BCUT2D eigenvalue weighted by Crippen LogP contribution is -2.30. The van der Waals surface area contributed by atoms with Gasteiger partial charge in [-0.1, -0.05) is 211 Å². The lowest BCUT2D eigenvalue weighted by molar-refractivity contribution is -0.163. The summed E-state index contributed by atoms with van der Waals surface area (Å²) in [6, 6.07) is 0. The average Bonchev–Trinajstić information content (AvgIpc) is 3.17. The van der Waals surface area contributed by atoms with E-state index in [2.05, 4.69) is 57.2 Å². The van der Waals surface area contributed by atoms with E-state index in [0.29, 0.717) is 19.4 Å². The fourth-order valence-corrected chi connectivity index (χ4v) is 6.70. The summed E-state index contributed by atoms with van der Waals surface area (Å²) in [5.41, 5.74) is 0. The SMILES string of the molecule is CC/C=C\C/C=C\C/C=C\CCCCCC(=O)OC(COCCCCCCCCCC)COC(=O)CCCCCCCCCCCCCCCCCCC. The van der Waals surface area contributed by atoms with Gasteiger partial charge in [0.2, 0.25) is 0 Å². The maximum atomic E-state index is 12.7. The average molecular weight is 759 g/mol. The van der Waals surface area contributed by atoms with Crippen molar-refractivity contribution in [1.82, 2.24) is 0 Å².